The zero-order chi connectivity index (χ0) is 22.1. The lowest BCUT2D eigenvalue weighted by Gasteiger charge is -2.25. The van der Waals surface area contributed by atoms with Crippen LogP contribution in [0.1, 0.15) is 51.0 Å². The van der Waals surface area contributed by atoms with Crippen molar-refractivity contribution in [3.05, 3.63) is 40.3 Å². The van der Waals surface area contributed by atoms with Crippen molar-refractivity contribution in [2.45, 2.75) is 51.8 Å². The third kappa shape index (κ3) is 5.13. The standard InChI is InChI=1S/C21H27BrN4O4/c1-21(2,3)30-20(29)25(4)12-14-10-13(7-8-15(14)22)16-11-23-18(24-16)17-6-5-9-26(17)19(27)28/h7-8,10-11,17H,5-6,9,12H2,1-4H3,(H,23,24)(H,27,28). The number of amides is 2. The summed E-state index contributed by atoms with van der Waals surface area (Å²) in [6.45, 7) is 6.40. The Morgan fingerprint density at radius 1 is 1.40 bits per heavy atom. The lowest BCUT2D eigenvalue weighted by Crippen LogP contribution is -2.33. The van der Waals surface area contributed by atoms with E-state index in [0.717, 1.165) is 34.1 Å². The summed E-state index contributed by atoms with van der Waals surface area (Å²) in [6.07, 6.45) is 1.99. The van der Waals surface area contributed by atoms with E-state index >= 15 is 0 Å². The van der Waals surface area contributed by atoms with Gasteiger partial charge in [0.25, 0.3) is 0 Å². The molecule has 3 rings (SSSR count). The minimum Gasteiger partial charge on any atom is -0.465 e. The highest BCUT2D eigenvalue weighted by atomic mass is 79.9. The highest BCUT2D eigenvalue weighted by Crippen LogP contribution is 2.32. The number of carboxylic acid groups (broad SMARTS) is 1. The van der Waals surface area contributed by atoms with Gasteiger partial charge in [-0.15, -0.1) is 0 Å². The molecule has 1 aliphatic heterocycles. The maximum atomic E-state index is 12.3. The molecule has 0 aliphatic carbocycles. The number of carbonyl (C=O) groups is 2. The van der Waals surface area contributed by atoms with Crippen molar-refractivity contribution in [3.8, 4) is 11.3 Å². The molecule has 1 aliphatic rings. The van der Waals surface area contributed by atoms with Crippen LogP contribution >= 0.6 is 15.9 Å². The third-order valence-electron chi connectivity index (χ3n) is 4.88. The van der Waals surface area contributed by atoms with Crippen LogP contribution in [0.25, 0.3) is 11.3 Å². The molecule has 1 aromatic carbocycles. The summed E-state index contributed by atoms with van der Waals surface area (Å²) in [5, 5.41) is 9.37. The molecule has 0 bridgehead atoms. The highest BCUT2D eigenvalue weighted by molar-refractivity contribution is 9.10. The topological polar surface area (TPSA) is 98.8 Å². The van der Waals surface area contributed by atoms with E-state index in [1.165, 1.54) is 9.80 Å². The molecule has 1 aromatic heterocycles. The van der Waals surface area contributed by atoms with Gasteiger partial charge in [-0.1, -0.05) is 22.0 Å². The Labute approximate surface area is 184 Å². The zero-order valence-corrected chi connectivity index (χ0v) is 19.2. The summed E-state index contributed by atoms with van der Waals surface area (Å²) in [4.78, 5) is 34.4. The average Bonchev–Trinajstić information content (AvgIpc) is 3.31. The summed E-state index contributed by atoms with van der Waals surface area (Å²) < 4.78 is 6.30. The van der Waals surface area contributed by atoms with Gasteiger partial charge in [-0.2, -0.15) is 0 Å². The van der Waals surface area contributed by atoms with E-state index in [0.29, 0.717) is 18.9 Å². The first-order chi connectivity index (χ1) is 14.0. The van der Waals surface area contributed by atoms with Gasteiger partial charge in [0.15, 0.2) is 0 Å². The SMILES string of the molecule is CN(Cc1cc(-c2cnc(C3CCCN3C(=O)O)[nH]2)ccc1Br)C(=O)OC(C)(C)C. The fraction of sp³-hybridized carbons (Fsp3) is 0.476. The lowest BCUT2D eigenvalue weighted by molar-refractivity contribution is 0.0284. The number of carbonyl (C=O) groups excluding carboxylic acids is 1. The highest BCUT2D eigenvalue weighted by Gasteiger charge is 2.31. The first kappa shape index (κ1) is 22.1. The van der Waals surface area contributed by atoms with Crippen LogP contribution in [-0.4, -0.2) is 56.3 Å². The molecule has 162 valence electrons. The molecule has 9 heteroatoms. The lowest BCUT2D eigenvalue weighted by atomic mass is 10.1. The summed E-state index contributed by atoms with van der Waals surface area (Å²) in [7, 11) is 1.70. The van der Waals surface area contributed by atoms with Crippen molar-refractivity contribution < 1.29 is 19.4 Å². The Kier molecular flexibility index (Phi) is 6.40. The zero-order valence-electron chi connectivity index (χ0n) is 17.6. The number of benzene rings is 1. The smallest absolute Gasteiger partial charge is 0.410 e. The fourth-order valence-electron chi connectivity index (χ4n) is 3.46. The second-order valence-corrected chi connectivity index (χ2v) is 9.31. The summed E-state index contributed by atoms with van der Waals surface area (Å²) in [6, 6.07) is 5.60. The van der Waals surface area contributed by atoms with Crippen LogP contribution in [0.3, 0.4) is 0 Å². The number of nitrogens with zero attached hydrogens (tertiary/aromatic N) is 3. The Hall–Kier alpha value is -2.55. The number of imidazole rings is 1. The Bertz CT molecular complexity index is 937. The van der Waals surface area contributed by atoms with E-state index in [1.807, 2.05) is 39.0 Å². The predicted molar refractivity (Wildman–Crippen MR) is 116 cm³/mol. The minimum absolute atomic E-state index is 0.246. The maximum Gasteiger partial charge on any atom is 0.410 e. The molecular formula is C21H27BrN4O4. The van der Waals surface area contributed by atoms with Crippen molar-refractivity contribution in [2.24, 2.45) is 0 Å². The number of aromatic amines is 1. The van der Waals surface area contributed by atoms with Gasteiger partial charge in [-0.05, 0) is 56.9 Å². The molecule has 1 atom stereocenters. The van der Waals surface area contributed by atoms with Crippen molar-refractivity contribution in [1.82, 2.24) is 19.8 Å². The van der Waals surface area contributed by atoms with Gasteiger partial charge in [-0.25, -0.2) is 14.6 Å². The number of aromatic nitrogens is 2. The molecule has 1 fully saturated rings. The average molecular weight is 479 g/mol. The number of H-pyrrole nitrogens is 1. The van der Waals surface area contributed by atoms with Gasteiger partial charge in [0, 0.05) is 24.6 Å². The second-order valence-electron chi connectivity index (χ2n) is 8.46. The fourth-order valence-corrected chi connectivity index (χ4v) is 3.83. The van der Waals surface area contributed by atoms with Crippen molar-refractivity contribution in [1.29, 1.82) is 0 Å². The van der Waals surface area contributed by atoms with E-state index in [1.54, 1.807) is 13.2 Å². The Morgan fingerprint density at radius 2 is 2.13 bits per heavy atom. The number of likely N-dealkylation sites (tertiary alicyclic amines) is 1. The van der Waals surface area contributed by atoms with E-state index < -0.39 is 17.8 Å². The number of hydrogen-bond acceptors (Lipinski definition) is 4. The van der Waals surface area contributed by atoms with Crippen molar-refractivity contribution >= 4 is 28.1 Å². The molecule has 2 N–H and O–H groups in total. The molecule has 2 aromatic rings. The van der Waals surface area contributed by atoms with Gasteiger partial charge in [0.1, 0.15) is 11.4 Å². The van der Waals surface area contributed by atoms with Crippen molar-refractivity contribution in [3.63, 3.8) is 0 Å². The van der Waals surface area contributed by atoms with Gasteiger partial charge >= 0.3 is 12.2 Å². The number of hydrogen-bond donors (Lipinski definition) is 2. The Morgan fingerprint density at radius 3 is 2.80 bits per heavy atom. The first-order valence-electron chi connectivity index (χ1n) is 9.82. The van der Waals surface area contributed by atoms with E-state index in [2.05, 4.69) is 25.9 Å². The molecule has 0 radical (unpaired) electrons. The van der Waals surface area contributed by atoms with Gasteiger partial charge in [0.05, 0.1) is 17.9 Å². The van der Waals surface area contributed by atoms with Gasteiger partial charge in [-0.3, -0.25) is 4.90 Å². The van der Waals surface area contributed by atoms with Gasteiger partial charge in [0.2, 0.25) is 0 Å². The third-order valence-corrected chi connectivity index (χ3v) is 5.65. The quantitative estimate of drug-likeness (QED) is 0.642. The van der Waals surface area contributed by atoms with Crippen LogP contribution in [0.4, 0.5) is 9.59 Å². The van der Waals surface area contributed by atoms with Gasteiger partial charge < -0.3 is 19.7 Å². The van der Waals surface area contributed by atoms with Crippen LogP contribution in [0.15, 0.2) is 28.9 Å². The number of rotatable bonds is 4. The summed E-state index contributed by atoms with van der Waals surface area (Å²) in [5.74, 6) is 0.653. The summed E-state index contributed by atoms with van der Waals surface area (Å²) in [5.41, 5.74) is 2.08. The molecule has 0 spiro atoms. The molecule has 1 saturated heterocycles. The van der Waals surface area contributed by atoms with Crippen LogP contribution in [0.2, 0.25) is 0 Å². The normalized spacial score (nSPS) is 16.6. The Balaban J connectivity index is 1.78. The molecule has 0 saturated carbocycles. The molecular weight excluding hydrogens is 452 g/mol. The van der Waals surface area contributed by atoms with Crippen molar-refractivity contribution in [2.75, 3.05) is 13.6 Å². The monoisotopic (exact) mass is 478 g/mol. The number of nitrogens with one attached hydrogen (secondary N) is 1. The molecule has 1 unspecified atom stereocenters. The van der Waals surface area contributed by atoms with E-state index in [4.69, 9.17) is 4.74 Å². The van der Waals surface area contributed by atoms with E-state index in [-0.39, 0.29) is 6.04 Å². The molecule has 2 amide bonds. The summed E-state index contributed by atoms with van der Waals surface area (Å²) >= 11 is 3.55. The maximum absolute atomic E-state index is 12.3. The minimum atomic E-state index is -0.924. The molecule has 2 heterocycles. The first-order valence-corrected chi connectivity index (χ1v) is 10.6. The molecule has 30 heavy (non-hydrogen) atoms. The number of ether oxygens (including phenoxy) is 1. The van der Waals surface area contributed by atoms with Crippen LogP contribution < -0.4 is 0 Å². The largest absolute Gasteiger partial charge is 0.465 e. The van der Waals surface area contributed by atoms with E-state index in [9.17, 15) is 14.7 Å². The van der Waals surface area contributed by atoms with Crippen LogP contribution in [0, 0.1) is 0 Å². The number of halogens is 1. The van der Waals surface area contributed by atoms with Crippen LogP contribution in [-0.2, 0) is 11.3 Å². The predicted octanol–water partition coefficient (Wildman–Crippen LogP) is 5.02. The van der Waals surface area contributed by atoms with Crippen LogP contribution in [0.5, 0.6) is 0 Å². The molecule has 8 nitrogen and oxygen atoms in total. The second kappa shape index (κ2) is 8.67.